The molecular weight excluding hydrogens is 341 g/mol. The van der Waals surface area contributed by atoms with Crippen molar-refractivity contribution in [3.8, 4) is 5.75 Å². The fourth-order valence-corrected chi connectivity index (χ4v) is 2.11. The molecule has 0 saturated heterocycles. The van der Waals surface area contributed by atoms with Crippen molar-refractivity contribution in [2.24, 2.45) is 0 Å². The molecule has 0 aliphatic heterocycles. The van der Waals surface area contributed by atoms with Crippen molar-refractivity contribution in [3.63, 3.8) is 0 Å². The van der Waals surface area contributed by atoms with E-state index >= 15 is 0 Å². The first-order valence-electron chi connectivity index (χ1n) is 7.86. The number of hydrogen-bond acceptors (Lipinski definition) is 5. The zero-order chi connectivity index (χ0) is 18.9. The second-order valence-electron chi connectivity index (χ2n) is 5.37. The summed E-state index contributed by atoms with van der Waals surface area (Å²) in [6.07, 6.45) is -0.245. The smallest absolute Gasteiger partial charge is 0.306 e. The van der Waals surface area contributed by atoms with Crippen molar-refractivity contribution in [3.05, 3.63) is 59.9 Å². The zero-order valence-corrected chi connectivity index (χ0v) is 14.2. The number of halogens is 1. The molecule has 0 radical (unpaired) electrons. The first-order chi connectivity index (χ1) is 12.5. The van der Waals surface area contributed by atoms with Gasteiger partial charge < -0.3 is 14.8 Å². The molecule has 0 aromatic heterocycles. The van der Waals surface area contributed by atoms with E-state index in [9.17, 15) is 18.8 Å². The lowest BCUT2D eigenvalue weighted by Crippen LogP contribution is -2.21. The van der Waals surface area contributed by atoms with Gasteiger partial charge in [-0.25, -0.2) is 4.39 Å². The summed E-state index contributed by atoms with van der Waals surface area (Å²) in [5, 5.41) is 2.57. The van der Waals surface area contributed by atoms with E-state index in [-0.39, 0.29) is 18.6 Å². The maximum absolute atomic E-state index is 12.8. The normalized spacial score (nSPS) is 10.1. The van der Waals surface area contributed by atoms with Crippen LogP contribution < -0.4 is 10.1 Å². The number of rotatable bonds is 8. The summed E-state index contributed by atoms with van der Waals surface area (Å²) < 4.78 is 22.7. The Kier molecular flexibility index (Phi) is 6.84. The van der Waals surface area contributed by atoms with Crippen molar-refractivity contribution < 1.29 is 28.2 Å². The molecule has 0 fully saturated rings. The maximum Gasteiger partial charge on any atom is 0.306 e. The Morgan fingerprint density at radius 2 is 1.77 bits per heavy atom. The van der Waals surface area contributed by atoms with Gasteiger partial charge in [0.2, 0.25) is 0 Å². The van der Waals surface area contributed by atoms with Gasteiger partial charge in [-0.3, -0.25) is 14.4 Å². The highest BCUT2D eigenvalue weighted by atomic mass is 19.1. The number of ketones is 1. The van der Waals surface area contributed by atoms with Crippen molar-refractivity contribution in [2.75, 3.05) is 19.0 Å². The molecule has 0 saturated carbocycles. The Hall–Kier alpha value is -3.22. The topological polar surface area (TPSA) is 81.7 Å². The molecule has 1 N–H and O–H groups in total. The average Bonchev–Trinajstić information content (AvgIpc) is 2.65. The van der Waals surface area contributed by atoms with E-state index in [4.69, 9.17) is 9.47 Å². The van der Waals surface area contributed by atoms with Crippen LogP contribution in [0.3, 0.4) is 0 Å². The number of nitrogens with one attached hydrogen (secondary N) is 1. The summed E-state index contributed by atoms with van der Waals surface area (Å²) in [6, 6.07) is 11.8. The van der Waals surface area contributed by atoms with Crippen molar-refractivity contribution in [2.45, 2.75) is 12.8 Å². The molecule has 0 spiro atoms. The number of carbonyl (C=O) groups is 3. The predicted octanol–water partition coefficient (Wildman–Crippen LogP) is 2.98. The van der Waals surface area contributed by atoms with Gasteiger partial charge in [0.25, 0.3) is 5.91 Å². The summed E-state index contributed by atoms with van der Waals surface area (Å²) in [5.41, 5.74) is 0.826. The second kappa shape index (κ2) is 9.31. The molecule has 136 valence electrons. The molecule has 6 nitrogen and oxygen atoms in total. The van der Waals surface area contributed by atoms with E-state index in [0.717, 1.165) is 0 Å². The Labute approximate surface area is 149 Å². The Morgan fingerprint density at radius 3 is 2.46 bits per heavy atom. The van der Waals surface area contributed by atoms with Gasteiger partial charge in [-0.15, -0.1) is 0 Å². The summed E-state index contributed by atoms with van der Waals surface area (Å²) in [7, 11) is 1.51. The van der Waals surface area contributed by atoms with Crippen LogP contribution in [0.2, 0.25) is 0 Å². The standard InChI is InChI=1S/C19H18FNO5/c1-25-16-4-2-3-15(11-16)21-18(23)12-26-19(24)10-9-17(22)13-5-7-14(20)8-6-13/h2-8,11H,9-10,12H2,1H3,(H,21,23). The molecule has 0 bridgehead atoms. The monoisotopic (exact) mass is 359 g/mol. The minimum atomic E-state index is -0.666. The van der Waals surface area contributed by atoms with Crippen LogP contribution in [-0.2, 0) is 14.3 Å². The van der Waals surface area contributed by atoms with E-state index in [1.807, 2.05) is 0 Å². The quantitative estimate of drug-likeness (QED) is 0.579. The van der Waals surface area contributed by atoms with Gasteiger partial charge in [-0.1, -0.05) is 6.07 Å². The van der Waals surface area contributed by atoms with Gasteiger partial charge in [-0.05, 0) is 36.4 Å². The Morgan fingerprint density at radius 1 is 1.04 bits per heavy atom. The fraction of sp³-hybridized carbons (Fsp3) is 0.211. The number of esters is 1. The van der Waals surface area contributed by atoms with E-state index in [0.29, 0.717) is 17.0 Å². The maximum atomic E-state index is 12.8. The van der Waals surface area contributed by atoms with Crippen LogP contribution in [0.1, 0.15) is 23.2 Å². The third kappa shape index (κ3) is 6.01. The van der Waals surface area contributed by atoms with Gasteiger partial charge in [0, 0.05) is 23.7 Å². The first kappa shape index (κ1) is 19.1. The Bertz CT molecular complexity index is 789. The van der Waals surface area contributed by atoms with Crippen LogP contribution in [0.5, 0.6) is 5.75 Å². The minimum absolute atomic E-state index is 0.0814. The highest BCUT2D eigenvalue weighted by Crippen LogP contribution is 2.16. The lowest BCUT2D eigenvalue weighted by atomic mass is 10.1. The molecule has 1 amide bonds. The van der Waals surface area contributed by atoms with E-state index in [1.165, 1.54) is 31.4 Å². The molecule has 2 aromatic rings. The summed E-state index contributed by atoms with van der Waals surface area (Å²) in [5.74, 6) is -1.33. The van der Waals surface area contributed by atoms with Crippen molar-refractivity contribution >= 4 is 23.3 Å². The number of hydrogen-bond donors (Lipinski definition) is 1. The second-order valence-corrected chi connectivity index (χ2v) is 5.37. The number of anilines is 1. The largest absolute Gasteiger partial charge is 0.497 e. The Balaban J connectivity index is 1.73. The summed E-state index contributed by atoms with van der Waals surface area (Å²) >= 11 is 0. The lowest BCUT2D eigenvalue weighted by Gasteiger charge is -2.08. The number of Topliss-reactive ketones (excluding diaryl/α,β-unsaturated/α-hetero) is 1. The predicted molar refractivity (Wildman–Crippen MR) is 92.5 cm³/mol. The molecular formula is C19H18FNO5. The molecule has 0 aliphatic rings. The average molecular weight is 359 g/mol. The number of carbonyl (C=O) groups excluding carboxylic acids is 3. The number of ether oxygens (including phenoxy) is 2. The summed E-state index contributed by atoms with van der Waals surface area (Å²) in [4.78, 5) is 35.3. The molecule has 0 unspecified atom stereocenters. The minimum Gasteiger partial charge on any atom is -0.497 e. The van der Waals surface area contributed by atoms with Crippen LogP contribution in [0.25, 0.3) is 0 Å². The van der Waals surface area contributed by atoms with Crippen LogP contribution in [0.4, 0.5) is 10.1 Å². The van der Waals surface area contributed by atoms with Crippen LogP contribution >= 0.6 is 0 Å². The third-order valence-electron chi connectivity index (χ3n) is 3.44. The fourth-order valence-electron chi connectivity index (χ4n) is 2.11. The van der Waals surface area contributed by atoms with Crippen molar-refractivity contribution in [1.82, 2.24) is 0 Å². The molecule has 7 heteroatoms. The van der Waals surface area contributed by atoms with Gasteiger partial charge >= 0.3 is 5.97 Å². The molecule has 0 aliphatic carbocycles. The van der Waals surface area contributed by atoms with E-state index in [2.05, 4.69) is 5.32 Å². The lowest BCUT2D eigenvalue weighted by molar-refractivity contribution is -0.147. The van der Waals surface area contributed by atoms with Crippen LogP contribution in [-0.4, -0.2) is 31.4 Å². The number of benzene rings is 2. The molecule has 26 heavy (non-hydrogen) atoms. The molecule has 2 rings (SSSR count). The highest BCUT2D eigenvalue weighted by Gasteiger charge is 2.12. The highest BCUT2D eigenvalue weighted by molar-refractivity contribution is 5.98. The van der Waals surface area contributed by atoms with E-state index in [1.54, 1.807) is 24.3 Å². The van der Waals surface area contributed by atoms with E-state index < -0.39 is 24.3 Å². The van der Waals surface area contributed by atoms with Crippen molar-refractivity contribution in [1.29, 1.82) is 0 Å². The van der Waals surface area contributed by atoms with Gasteiger partial charge in [0.05, 0.1) is 13.5 Å². The third-order valence-corrected chi connectivity index (χ3v) is 3.44. The number of methoxy groups -OCH3 is 1. The molecule has 2 aromatic carbocycles. The summed E-state index contributed by atoms with van der Waals surface area (Å²) in [6.45, 7) is -0.458. The van der Waals surface area contributed by atoms with Crippen LogP contribution in [0.15, 0.2) is 48.5 Å². The van der Waals surface area contributed by atoms with Gasteiger partial charge in [0.15, 0.2) is 12.4 Å². The first-order valence-corrected chi connectivity index (χ1v) is 7.86. The molecule has 0 heterocycles. The van der Waals surface area contributed by atoms with Crippen LogP contribution in [0, 0.1) is 5.82 Å². The SMILES string of the molecule is COc1cccc(NC(=O)COC(=O)CCC(=O)c2ccc(F)cc2)c1. The van der Waals surface area contributed by atoms with Gasteiger partial charge in [0.1, 0.15) is 11.6 Å². The zero-order valence-electron chi connectivity index (χ0n) is 14.2. The number of amides is 1. The molecule has 0 atom stereocenters. The van der Waals surface area contributed by atoms with Gasteiger partial charge in [-0.2, -0.15) is 0 Å².